The van der Waals surface area contributed by atoms with Crippen LogP contribution in [0.25, 0.3) is 0 Å². The number of ether oxygens (including phenoxy) is 1. The Kier molecular flexibility index (Phi) is 6.79. The van der Waals surface area contributed by atoms with Crippen LogP contribution in [-0.2, 0) is 17.9 Å². The largest absolute Gasteiger partial charge is 0.492 e. The zero-order chi connectivity index (χ0) is 20.0. The van der Waals surface area contributed by atoms with Gasteiger partial charge in [-0.1, -0.05) is 11.6 Å². The standard InChI is InChI=1S/C18H19ClN4O4/c1-3-22-11-13(10-20)17(25)23(18(22)26)12-16(24)21(2)8-9-27-15-6-4-14(19)5-7-15/h4-7,11H,3,8-9,12H2,1-2H3. The number of benzene rings is 1. The summed E-state index contributed by atoms with van der Waals surface area (Å²) in [5.74, 6) is 0.177. The van der Waals surface area contributed by atoms with Crippen molar-refractivity contribution in [3.8, 4) is 11.8 Å². The molecule has 0 aliphatic carbocycles. The number of carbonyl (C=O) groups is 1. The molecule has 1 heterocycles. The minimum Gasteiger partial charge on any atom is -0.492 e. The van der Waals surface area contributed by atoms with Gasteiger partial charge in [-0.3, -0.25) is 14.2 Å². The van der Waals surface area contributed by atoms with Gasteiger partial charge in [0.05, 0.1) is 6.54 Å². The summed E-state index contributed by atoms with van der Waals surface area (Å²) in [6.07, 6.45) is 1.20. The molecule has 0 aliphatic rings. The molecule has 8 nitrogen and oxygen atoms in total. The molecule has 0 saturated carbocycles. The van der Waals surface area contributed by atoms with Crippen molar-refractivity contribution in [3.63, 3.8) is 0 Å². The highest BCUT2D eigenvalue weighted by atomic mass is 35.5. The molecule has 9 heteroatoms. The van der Waals surface area contributed by atoms with Crippen LogP contribution in [0, 0.1) is 11.3 Å². The molecule has 27 heavy (non-hydrogen) atoms. The molecule has 0 atom stereocenters. The number of hydrogen-bond donors (Lipinski definition) is 0. The summed E-state index contributed by atoms with van der Waals surface area (Å²) in [4.78, 5) is 38.2. The summed E-state index contributed by atoms with van der Waals surface area (Å²) < 4.78 is 7.52. The van der Waals surface area contributed by atoms with E-state index in [1.165, 1.54) is 15.7 Å². The van der Waals surface area contributed by atoms with Crippen LogP contribution in [0.5, 0.6) is 5.75 Å². The van der Waals surface area contributed by atoms with E-state index in [1.54, 1.807) is 44.3 Å². The van der Waals surface area contributed by atoms with E-state index < -0.39 is 23.7 Å². The van der Waals surface area contributed by atoms with Gasteiger partial charge in [-0.05, 0) is 31.2 Å². The molecule has 1 amide bonds. The summed E-state index contributed by atoms with van der Waals surface area (Å²) in [7, 11) is 1.55. The van der Waals surface area contributed by atoms with Crippen molar-refractivity contribution in [3.05, 3.63) is 61.9 Å². The van der Waals surface area contributed by atoms with Crippen molar-refractivity contribution < 1.29 is 9.53 Å². The van der Waals surface area contributed by atoms with E-state index in [0.29, 0.717) is 10.8 Å². The highest BCUT2D eigenvalue weighted by Gasteiger charge is 2.16. The highest BCUT2D eigenvalue weighted by Crippen LogP contribution is 2.15. The van der Waals surface area contributed by atoms with Crippen molar-refractivity contribution >= 4 is 17.5 Å². The fourth-order valence-electron chi connectivity index (χ4n) is 2.31. The van der Waals surface area contributed by atoms with E-state index in [2.05, 4.69) is 0 Å². The first-order valence-corrected chi connectivity index (χ1v) is 8.61. The molecule has 0 bridgehead atoms. The molecule has 0 saturated heterocycles. The van der Waals surface area contributed by atoms with Crippen LogP contribution in [0.3, 0.4) is 0 Å². The Bertz CT molecular complexity index is 973. The van der Waals surface area contributed by atoms with E-state index in [0.717, 1.165) is 4.57 Å². The van der Waals surface area contributed by atoms with Gasteiger partial charge in [-0.15, -0.1) is 0 Å². The zero-order valence-electron chi connectivity index (χ0n) is 15.0. The van der Waals surface area contributed by atoms with Crippen LogP contribution in [0.2, 0.25) is 5.02 Å². The van der Waals surface area contributed by atoms with Gasteiger partial charge in [0.2, 0.25) is 5.91 Å². The van der Waals surface area contributed by atoms with Crippen LogP contribution < -0.4 is 16.0 Å². The van der Waals surface area contributed by atoms with Gasteiger partial charge in [-0.25, -0.2) is 9.36 Å². The van der Waals surface area contributed by atoms with Gasteiger partial charge >= 0.3 is 5.69 Å². The molecule has 2 aromatic rings. The van der Waals surface area contributed by atoms with Gasteiger partial charge in [0.15, 0.2) is 0 Å². The number of carbonyl (C=O) groups excluding carboxylic acids is 1. The summed E-state index contributed by atoms with van der Waals surface area (Å²) in [5, 5.41) is 9.63. The van der Waals surface area contributed by atoms with Crippen molar-refractivity contribution in [2.24, 2.45) is 0 Å². The second-order valence-corrected chi connectivity index (χ2v) is 6.17. The molecule has 0 spiro atoms. The number of aryl methyl sites for hydroxylation is 1. The van der Waals surface area contributed by atoms with Crippen molar-refractivity contribution in [1.82, 2.24) is 14.0 Å². The summed E-state index contributed by atoms with van der Waals surface area (Å²) in [5.41, 5.74) is -1.58. The minimum absolute atomic E-state index is 0.182. The second-order valence-electron chi connectivity index (χ2n) is 5.73. The Labute approximate surface area is 160 Å². The van der Waals surface area contributed by atoms with Crippen molar-refractivity contribution in [1.29, 1.82) is 5.26 Å². The Balaban J connectivity index is 2.04. The van der Waals surface area contributed by atoms with E-state index in [-0.39, 0.29) is 25.3 Å². The van der Waals surface area contributed by atoms with E-state index in [9.17, 15) is 14.4 Å². The van der Waals surface area contributed by atoms with Crippen LogP contribution in [0.1, 0.15) is 12.5 Å². The topological polar surface area (TPSA) is 97.3 Å². The predicted molar refractivity (Wildman–Crippen MR) is 99.9 cm³/mol. The van der Waals surface area contributed by atoms with E-state index >= 15 is 0 Å². The molecule has 0 radical (unpaired) electrons. The molecular weight excluding hydrogens is 372 g/mol. The van der Waals surface area contributed by atoms with Crippen LogP contribution >= 0.6 is 11.6 Å². The Hall–Kier alpha value is -3.05. The average Bonchev–Trinajstić information content (AvgIpc) is 2.66. The van der Waals surface area contributed by atoms with Crippen LogP contribution in [-0.4, -0.2) is 40.1 Å². The molecule has 1 aromatic heterocycles. The van der Waals surface area contributed by atoms with Gasteiger partial charge < -0.3 is 9.64 Å². The summed E-state index contributed by atoms with van der Waals surface area (Å²) in [6.45, 7) is 2.04. The molecule has 2 rings (SSSR count). The monoisotopic (exact) mass is 390 g/mol. The maximum absolute atomic E-state index is 12.4. The SMILES string of the molecule is CCn1cc(C#N)c(=O)n(CC(=O)N(C)CCOc2ccc(Cl)cc2)c1=O. The van der Waals surface area contributed by atoms with Gasteiger partial charge in [0, 0.05) is 24.8 Å². The first kappa shape index (κ1) is 20.3. The Morgan fingerprint density at radius 3 is 2.56 bits per heavy atom. The van der Waals surface area contributed by atoms with Gasteiger partial charge in [-0.2, -0.15) is 5.26 Å². The third-order valence-electron chi connectivity index (χ3n) is 3.93. The number of nitriles is 1. The smallest absolute Gasteiger partial charge is 0.331 e. The first-order valence-electron chi connectivity index (χ1n) is 8.24. The van der Waals surface area contributed by atoms with Gasteiger partial charge in [0.25, 0.3) is 5.56 Å². The van der Waals surface area contributed by atoms with Crippen LogP contribution in [0.15, 0.2) is 40.1 Å². The lowest BCUT2D eigenvalue weighted by Crippen LogP contribution is -2.45. The zero-order valence-corrected chi connectivity index (χ0v) is 15.8. The van der Waals surface area contributed by atoms with Crippen molar-refractivity contribution in [2.75, 3.05) is 20.2 Å². The van der Waals surface area contributed by atoms with E-state index in [1.807, 2.05) is 0 Å². The number of amides is 1. The third kappa shape index (κ3) is 4.99. The number of hydrogen-bond acceptors (Lipinski definition) is 5. The van der Waals surface area contributed by atoms with Gasteiger partial charge in [0.1, 0.15) is 30.5 Å². The molecule has 0 unspecified atom stereocenters. The molecule has 142 valence electrons. The van der Waals surface area contributed by atoms with Crippen LogP contribution in [0.4, 0.5) is 0 Å². The van der Waals surface area contributed by atoms with E-state index in [4.69, 9.17) is 21.6 Å². The first-order chi connectivity index (χ1) is 12.9. The summed E-state index contributed by atoms with van der Waals surface area (Å²) >= 11 is 5.80. The maximum atomic E-state index is 12.4. The quantitative estimate of drug-likeness (QED) is 0.705. The second kappa shape index (κ2) is 9.05. The fraction of sp³-hybridized carbons (Fsp3) is 0.333. The molecule has 1 aromatic carbocycles. The Morgan fingerprint density at radius 1 is 1.30 bits per heavy atom. The number of nitrogens with zero attached hydrogens (tertiary/aromatic N) is 4. The number of rotatable bonds is 7. The predicted octanol–water partition coefficient (Wildman–Crippen LogP) is 1.09. The number of aromatic nitrogens is 2. The fourth-order valence-corrected chi connectivity index (χ4v) is 2.43. The average molecular weight is 391 g/mol. The lowest BCUT2D eigenvalue weighted by atomic mass is 10.3. The van der Waals surface area contributed by atoms with Crippen molar-refractivity contribution in [2.45, 2.75) is 20.0 Å². The number of halogens is 1. The lowest BCUT2D eigenvalue weighted by molar-refractivity contribution is -0.131. The third-order valence-corrected chi connectivity index (χ3v) is 4.18. The normalized spacial score (nSPS) is 10.3. The molecular formula is C18H19ClN4O4. The molecule has 0 aliphatic heterocycles. The Morgan fingerprint density at radius 2 is 1.96 bits per heavy atom. The molecule has 0 fully saturated rings. The molecule has 0 N–H and O–H groups in total. The maximum Gasteiger partial charge on any atom is 0.331 e. The summed E-state index contributed by atoms with van der Waals surface area (Å²) in [6, 6.07) is 8.56. The minimum atomic E-state index is -0.772. The highest BCUT2D eigenvalue weighted by molar-refractivity contribution is 6.30. The lowest BCUT2D eigenvalue weighted by Gasteiger charge is -2.18. The number of likely N-dealkylation sites (N-methyl/N-ethyl adjacent to an activating group) is 1.